The number of rotatable bonds is 6. The van der Waals surface area contributed by atoms with Gasteiger partial charge in [0.2, 0.25) is 0 Å². The Bertz CT molecular complexity index is 382. The van der Waals surface area contributed by atoms with E-state index in [0.29, 0.717) is 18.0 Å². The smallest absolute Gasteiger partial charge is 0.0896 e. The molecule has 2 rings (SSSR count). The molecule has 0 aromatic carbocycles. The predicted molar refractivity (Wildman–Crippen MR) is 86.2 cm³/mol. The molecule has 1 aromatic heterocycles. The van der Waals surface area contributed by atoms with E-state index >= 15 is 0 Å². The van der Waals surface area contributed by atoms with Crippen molar-refractivity contribution in [3.05, 3.63) is 22.4 Å². The minimum Gasteiger partial charge on any atom is -0.388 e. The Morgan fingerprint density at radius 1 is 1.55 bits per heavy atom. The molecule has 1 fully saturated rings. The van der Waals surface area contributed by atoms with Gasteiger partial charge in [0.15, 0.2) is 0 Å². The highest BCUT2D eigenvalue weighted by Gasteiger charge is 2.26. The third-order valence-corrected chi connectivity index (χ3v) is 5.36. The number of likely N-dealkylation sites (tertiary alicyclic amines) is 1. The van der Waals surface area contributed by atoms with Crippen molar-refractivity contribution < 1.29 is 5.11 Å². The third kappa shape index (κ3) is 4.29. The molecule has 114 valence electrons. The maximum atomic E-state index is 10.2. The van der Waals surface area contributed by atoms with Crippen molar-refractivity contribution in [2.24, 2.45) is 5.92 Å². The zero-order valence-electron chi connectivity index (χ0n) is 12.9. The van der Waals surface area contributed by atoms with Crippen LogP contribution in [0.15, 0.2) is 17.5 Å². The van der Waals surface area contributed by atoms with E-state index in [4.69, 9.17) is 0 Å². The SMILES string of the molecule is CCN1CCC(NC(C)CC(O)c2cccs2)C(C)C1. The fourth-order valence-corrected chi connectivity index (χ4v) is 3.86. The maximum absolute atomic E-state index is 10.2. The summed E-state index contributed by atoms with van der Waals surface area (Å²) in [6, 6.07) is 4.96. The summed E-state index contributed by atoms with van der Waals surface area (Å²) in [5.41, 5.74) is 0. The van der Waals surface area contributed by atoms with E-state index < -0.39 is 0 Å². The normalized spacial score (nSPS) is 27.4. The van der Waals surface area contributed by atoms with Crippen LogP contribution in [0.4, 0.5) is 0 Å². The van der Waals surface area contributed by atoms with Crippen molar-refractivity contribution in [1.29, 1.82) is 0 Å². The average molecular weight is 296 g/mol. The number of thiophene rings is 1. The van der Waals surface area contributed by atoms with Crippen LogP contribution >= 0.6 is 11.3 Å². The van der Waals surface area contributed by atoms with Crippen LogP contribution in [0.25, 0.3) is 0 Å². The minimum atomic E-state index is -0.330. The van der Waals surface area contributed by atoms with Crippen LogP contribution in [0.5, 0.6) is 0 Å². The number of aliphatic hydroxyl groups is 1. The number of piperidine rings is 1. The second-order valence-corrected chi connectivity index (χ2v) is 7.08. The molecule has 4 heteroatoms. The molecule has 4 atom stereocenters. The van der Waals surface area contributed by atoms with Crippen molar-refractivity contribution >= 4 is 11.3 Å². The summed E-state index contributed by atoms with van der Waals surface area (Å²) >= 11 is 1.64. The van der Waals surface area contributed by atoms with E-state index in [1.165, 1.54) is 19.5 Å². The van der Waals surface area contributed by atoms with Gasteiger partial charge in [-0.25, -0.2) is 0 Å². The van der Waals surface area contributed by atoms with E-state index in [-0.39, 0.29) is 6.10 Å². The first-order valence-electron chi connectivity index (χ1n) is 7.80. The van der Waals surface area contributed by atoms with E-state index in [9.17, 15) is 5.11 Å². The molecule has 1 aliphatic heterocycles. The second-order valence-electron chi connectivity index (χ2n) is 6.10. The molecule has 1 aliphatic rings. The van der Waals surface area contributed by atoms with Crippen molar-refractivity contribution in [1.82, 2.24) is 10.2 Å². The number of nitrogens with one attached hydrogen (secondary N) is 1. The molecular weight excluding hydrogens is 268 g/mol. The molecule has 1 aromatic rings. The summed E-state index contributed by atoms with van der Waals surface area (Å²) in [6.45, 7) is 10.3. The minimum absolute atomic E-state index is 0.330. The molecule has 4 unspecified atom stereocenters. The first-order chi connectivity index (χ1) is 9.60. The van der Waals surface area contributed by atoms with E-state index in [2.05, 4.69) is 31.0 Å². The van der Waals surface area contributed by atoms with Gasteiger partial charge in [0, 0.05) is 23.5 Å². The van der Waals surface area contributed by atoms with Gasteiger partial charge >= 0.3 is 0 Å². The van der Waals surface area contributed by atoms with E-state index in [0.717, 1.165) is 17.8 Å². The third-order valence-electron chi connectivity index (χ3n) is 4.38. The Labute approximate surface area is 127 Å². The van der Waals surface area contributed by atoms with Gasteiger partial charge in [0.05, 0.1) is 6.10 Å². The molecule has 0 radical (unpaired) electrons. The molecule has 1 saturated heterocycles. The van der Waals surface area contributed by atoms with Gasteiger partial charge in [-0.05, 0) is 50.2 Å². The fraction of sp³-hybridized carbons (Fsp3) is 0.750. The number of aliphatic hydroxyl groups excluding tert-OH is 1. The zero-order valence-corrected chi connectivity index (χ0v) is 13.7. The number of hydrogen-bond donors (Lipinski definition) is 2. The standard InChI is InChI=1S/C16H28N2OS/c1-4-18-8-7-14(12(2)11-18)17-13(3)10-15(19)16-6-5-9-20-16/h5-6,9,12-15,17,19H,4,7-8,10-11H2,1-3H3. The van der Waals surface area contributed by atoms with Crippen LogP contribution < -0.4 is 5.32 Å². The van der Waals surface area contributed by atoms with Gasteiger partial charge in [0.25, 0.3) is 0 Å². The summed E-state index contributed by atoms with van der Waals surface area (Å²) in [6.07, 6.45) is 1.68. The van der Waals surface area contributed by atoms with Gasteiger partial charge in [-0.3, -0.25) is 0 Å². The molecule has 2 N–H and O–H groups in total. The van der Waals surface area contributed by atoms with Gasteiger partial charge in [-0.1, -0.05) is 19.9 Å². The summed E-state index contributed by atoms with van der Waals surface area (Å²) in [7, 11) is 0. The average Bonchev–Trinajstić information content (AvgIpc) is 2.95. The Morgan fingerprint density at radius 3 is 2.95 bits per heavy atom. The highest BCUT2D eigenvalue weighted by molar-refractivity contribution is 7.10. The zero-order chi connectivity index (χ0) is 14.5. The van der Waals surface area contributed by atoms with Crippen molar-refractivity contribution in [3.63, 3.8) is 0 Å². The lowest BCUT2D eigenvalue weighted by Gasteiger charge is -2.38. The van der Waals surface area contributed by atoms with Gasteiger partial charge in [0.1, 0.15) is 0 Å². The molecular formula is C16H28N2OS. The quantitative estimate of drug-likeness (QED) is 0.847. The molecule has 3 nitrogen and oxygen atoms in total. The lowest BCUT2D eigenvalue weighted by Crippen LogP contribution is -2.50. The Morgan fingerprint density at radius 2 is 2.35 bits per heavy atom. The summed E-state index contributed by atoms with van der Waals surface area (Å²) in [4.78, 5) is 3.60. The topological polar surface area (TPSA) is 35.5 Å². The van der Waals surface area contributed by atoms with Crippen LogP contribution in [0.2, 0.25) is 0 Å². The van der Waals surface area contributed by atoms with Gasteiger partial charge in [-0.15, -0.1) is 11.3 Å². The van der Waals surface area contributed by atoms with Crippen LogP contribution in [-0.4, -0.2) is 41.7 Å². The highest BCUT2D eigenvalue weighted by atomic mass is 32.1. The highest BCUT2D eigenvalue weighted by Crippen LogP contribution is 2.24. The molecule has 0 saturated carbocycles. The molecule has 0 amide bonds. The van der Waals surface area contributed by atoms with Crippen LogP contribution in [-0.2, 0) is 0 Å². The van der Waals surface area contributed by atoms with Crippen molar-refractivity contribution in [3.8, 4) is 0 Å². The second kappa shape index (κ2) is 7.55. The fourth-order valence-electron chi connectivity index (χ4n) is 3.13. The van der Waals surface area contributed by atoms with E-state index in [1.54, 1.807) is 11.3 Å². The number of hydrogen-bond acceptors (Lipinski definition) is 4. The summed E-state index contributed by atoms with van der Waals surface area (Å²) in [5.74, 6) is 0.685. The maximum Gasteiger partial charge on any atom is 0.0896 e. The van der Waals surface area contributed by atoms with E-state index in [1.807, 2.05) is 17.5 Å². The Balaban J connectivity index is 1.78. The summed E-state index contributed by atoms with van der Waals surface area (Å²) in [5, 5.41) is 16.0. The lowest BCUT2D eigenvalue weighted by molar-refractivity contribution is 0.125. The molecule has 0 spiro atoms. The van der Waals surface area contributed by atoms with Crippen molar-refractivity contribution in [2.45, 2.75) is 51.8 Å². The monoisotopic (exact) mass is 296 g/mol. The Hall–Kier alpha value is -0.420. The molecule has 2 heterocycles. The Kier molecular flexibility index (Phi) is 6.02. The first-order valence-corrected chi connectivity index (χ1v) is 8.68. The van der Waals surface area contributed by atoms with Gasteiger partial charge < -0.3 is 15.3 Å². The van der Waals surface area contributed by atoms with Crippen LogP contribution in [0.1, 0.15) is 44.6 Å². The lowest BCUT2D eigenvalue weighted by atomic mass is 9.92. The van der Waals surface area contributed by atoms with Gasteiger partial charge in [-0.2, -0.15) is 0 Å². The largest absolute Gasteiger partial charge is 0.388 e. The molecule has 0 aliphatic carbocycles. The van der Waals surface area contributed by atoms with Crippen molar-refractivity contribution in [2.75, 3.05) is 19.6 Å². The predicted octanol–water partition coefficient (Wildman–Crippen LogP) is 2.88. The van der Waals surface area contributed by atoms with Crippen LogP contribution in [0, 0.1) is 5.92 Å². The molecule has 20 heavy (non-hydrogen) atoms. The first kappa shape index (κ1) is 16.0. The molecule has 0 bridgehead atoms. The van der Waals surface area contributed by atoms with Crippen LogP contribution in [0.3, 0.4) is 0 Å². The summed E-state index contributed by atoms with van der Waals surface area (Å²) < 4.78 is 0. The number of nitrogens with zero attached hydrogens (tertiary/aromatic N) is 1.